The minimum absolute atomic E-state index is 0.00633. The number of fused-ring (bicyclic) bond motifs is 8. The maximum absolute atomic E-state index is 13.9. The van der Waals surface area contributed by atoms with E-state index < -0.39 is 5.23 Å². The number of piperazine rings is 1. The number of hydrogen-bond acceptors (Lipinski definition) is 6. The fraction of sp³-hybridized carbons (Fsp3) is 0.520. The van der Waals surface area contributed by atoms with E-state index in [1.54, 1.807) is 18.2 Å². The number of pyridine rings is 1. The lowest BCUT2D eigenvalue weighted by Crippen LogP contribution is -2.99. The van der Waals surface area contributed by atoms with E-state index in [0.29, 0.717) is 13.0 Å². The van der Waals surface area contributed by atoms with Gasteiger partial charge in [-0.2, -0.15) is 5.23 Å². The Morgan fingerprint density at radius 2 is 1.91 bits per heavy atom. The third-order valence-electron chi connectivity index (χ3n) is 8.39. The summed E-state index contributed by atoms with van der Waals surface area (Å²) < 4.78 is 1.91. The molecule has 5 heterocycles. The molecular weight excluding hydrogens is 434 g/mol. The Bertz CT molecular complexity index is 1170. The first kappa shape index (κ1) is 21.8. The van der Waals surface area contributed by atoms with Crippen LogP contribution in [0.4, 0.5) is 11.4 Å². The van der Waals surface area contributed by atoms with Gasteiger partial charge in [0.05, 0.1) is 5.92 Å². The molecule has 0 aliphatic carbocycles. The van der Waals surface area contributed by atoms with Crippen LogP contribution in [0.2, 0.25) is 0 Å². The van der Waals surface area contributed by atoms with E-state index in [1.807, 2.05) is 27.7 Å². The number of quaternary nitrogens is 1. The summed E-state index contributed by atoms with van der Waals surface area (Å²) in [4.78, 5) is 33.2. The van der Waals surface area contributed by atoms with Gasteiger partial charge in [-0.25, -0.2) is 5.21 Å². The third-order valence-corrected chi connectivity index (χ3v) is 8.39. The molecule has 6 rings (SSSR count). The average molecular weight is 466 g/mol. The quantitative estimate of drug-likeness (QED) is 0.615. The second kappa shape index (κ2) is 8.20. The summed E-state index contributed by atoms with van der Waals surface area (Å²) in [7, 11) is 2.08. The minimum Gasteiger partial charge on any atom is -0.595 e. The van der Waals surface area contributed by atoms with E-state index in [9.17, 15) is 20.0 Å². The van der Waals surface area contributed by atoms with E-state index in [4.69, 9.17) is 0 Å². The number of aromatic nitrogens is 1. The molecule has 5 atom stereocenters. The van der Waals surface area contributed by atoms with Gasteiger partial charge in [-0.15, -0.1) is 0 Å². The summed E-state index contributed by atoms with van der Waals surface area (Å²) in [6.45, 7) is 4.52. The van der Waals surface area contributed by atoms with E-state index in [2.05, 4.69) is 16.8 Å². The van der Waals surface area contributed by atoms with Crippen LogP contribution in [0.5, 0.6) is 0 Å². The molecule has 34 heavy (non-hydrogen) atoms. The highest BCUT2D eigenvalue weighted by Gasteiger charge is 2.50. The molecule has 1 amide bonds. The smallest absolute Gasteiger partial charge is 0.250 e. The van der Waals surface area contributed by atoms with Gasteiger partial charge in [0.15, 0.2) is 5.69 Å². The van der Waals surface area contributed by atoms with Gasteiger partial charge in [-0.3, -0.25) is 9.59 Å². The second-order valence-electron chi connectivity index (χ2n) is 10.3. The zero-order valence-electron chi connectivity index (χ0n) is 19.4. The van der Waals surface area contributed by atoms with E-state index in [0.717, 1.165) is 56.1 Å². The number of amides is 1. The van der Waals surface area contributed by atoms with Crippen LogP contribution >= 0.6 is 0 Å². The molecular formula is C25H31N5O4. The number of nitrogens with one attached hydrogen (secondary N) is 1. The maximum atomic E-state index is 13.9. The van der Waals surface area contributed by atoms with Crippen molar-refractivity contribution in [1.29, 1.82) is 0 Å². The Labute approximate surface area is 198 Å². The van der Waals surface area contributed by atoms with E-state index >= 15 is 0 Å². The Morgan fingerprint density at radius 3 is 2.68 bits per heavy atom. The van der Waals surface area contributed by atoms with E-state index in [-0.39, 0.29) is 40.9 Å². The molecule has 0 radical (unpaired) electrons. The molecule has 2 bridgehead atoms. The zero-order chi connectivity index (χ0) is 23.6. The second-order valence-corrected chi connectivity index (χ2v) is 10.3. The lowest BCUT2D eigenvalue weighted by molar-refractivity contribution is -0.991. The summed E-state index contributed by atoms with van der Waals surface area (Å²) in [6, 6.07) is 10.9. The largest absolute Gasteiger partial charge is 0.595 e. The van der Waals surface area contributed by atoms with Crippen molar-refractivity contribution < 1.29 is 15.2 Å². The number of piperidine rings is 1. The van der Waals surface area contributed by atoms with Crippen molar-refractivity contribution in [2.24, 2.45) is 11.8 Å². The third kappa shape index (κ3) is 3.46. The Kier molecular flexibility index (Phi) is 5.25. The molecule has 0 spiro atoms. The van der Waals surface area contributed by atoms with Gasteiger partial charge in [-0.05, 0) is 43.5 Å². The van der Waals surface area contributed by atoms with Crippen molar-refractivity contribution >= 4 is 17.3 Å². The Hall–Kier alpha value is -2.72. The maximum Gasteiger partial charge on any atom is 0.250 e. The molecule has 9 nitrogen and oxygen atoms in total. The van der Waals surface area contributed by atoms with Crippen molar-refractivity contribution in [3.05, 3.63) is 63.2 Å². The summed E-state index contributed by atoms with van der Waals surface area (Å²) in [6.07, 6.45) is 1.51. The number of anilines is 1. The monoisotopic (exact) mass is 465 g/mol. The van der Waals surface area contributed by atoms with Crippen LogP contribution in [-0.4, -0.2) is 71.3 Å². The highest BCUT2D eigenvalue weighted by Crippen LogP contribution is 2.47. The van der Waals surface area contributed by atoms with Crippen molar-refractivity contribution in [2.75, 3.05) is 44.7 Å². The lowest BCUT2D eigenvalue weighted by atomic mass is 9.69. The molecule has 2 fully saturated rings. The molecule has 180 valence electrons. The first-order chi connectivity index (χ1) is 16.4. The van der Waals surface area contributed by atoms with Gasteiger partial charge in [0.1, 0.15) is 0 Å². The lowest BCUT2D eigenvalue weighted by Gasteiger charge is -2.55. The van der Waals surface area contributed by atoms with Crippen LogP contribution in [-0.2, 0) is 17.8 Å². The number of rotatable bonds is 2. The zero-order valence-corrected chi connectivity index (χ0v) is 19.4. The molecule has 4 aliphatic rings. The predicted molar refractivity (Wildman–Crippen MR) is 126 cm³/mol. The first-order valence-electron chi connectivity index (χ1n) is 12.2. The fourth-order valence-electron chi connectivity index (χ4n) is 6.73. The van der Waals surface area contributed by atoms with Crippen LogP contribution in [0.1, 0.15) is 23.6 Å². The minimum atomic E-state index is -0.948. The average Bonchev–Trinajstić information content (AvgIpc) is 2.84. The Morgan fingerprint density at radius 1 is 1.12 bits per heavy atom. The topological polar surface area (TPSA) is 96.5 Å². The molecule has 9 heteroatoms. The van der Waals surface area contributed by atoms with Gasteiger partial charge >= 0.3 is 0 Å². The fourth-order valence-corrected chi connectivity index (χ4v) is 6.73. The van der Waals surface area contributed by atoms with Crippen LogP contribution in [0.25, 0.3) is 0 Å². The first-order valence-corrected chi connectivity index (χ1v) is 12.2. The highest BCUT2D eigenvalue weighted by atomic mass is 16.8. The van der Waals surface area contributed by atoms with Crippen LogP contribution in [0.15, 0.2) is 41.2 Å². The van der Waals surface area contributed by atoms with Crippen molar-refractivity contribution in [1.82, 2.24) is 14.4 Å². The summed E-state index contributed by atoms with van der Waals surface area (Å²) >= 11 is 0. The number of carbonyl (C=O) groups is 1. The van der Waals surface area contributed by atoms with Gasteiger partial charge < -0.3 is 24.5 Å². The number of benzene rings is 1. The summed E-state index contributed by atoms with van der Waals surface area (Å²) in [5.41, 5.74) is 3.34. The van der Waals surface area contributed by atoms with Gasteiger partial charge in [0, 0.05) is 80.8 Å². The molecule has 2 N–H and O–H groups in total. The van der Waals surface area contributed by atoms with E-state index in [1.165, 1.54) is 0 Å². The molecule has 2 aromatic rings. The molecule has 0 saturated carbocycles. The summed E-state index contributed by atoms with van der Waals surface area (Å²) in [5, 5.41) is 20.3. The van der Waals surface area contributed by atoms with Crippen molar-refractivity contribution in [3.63, 3.8) is 0 Å². The van der Waals surface area contributed by atoms with Crippen LogP contribution in [0.3, 0.4) is 0 Å². The number of carbonyl (C=O) groups excluding carboxylic acids is 1. The molecule has 3 unspecified atom stereocenters. The van der Waals surface area contributed by atoms with Crippen molar-refractivity contribution in [3.8, 4) is 0 Å². The van der Waals surface area contributed by atoms with Gasteiger partial charge in [-0.1, -0.05) is 6.07 Å². The van der Waals surface area contributed by atoms with Crippen LogP contribution in [0, 0.1) is 17.0 Å². The van der Waals surface area contributed by atoms with Crippen LogP contribution < -0.4 is 15.7 Å². The number of likely N-dealkylation sites (N-methyl/N-ethyl adjacent to an activating group) is 1. The van der Waals surface area contributed by atoms with Gasteiger partial charge in [0.25, 0.3) is 5.56 Å². The predicted octanol–water partition coefficient (Wildman–Crippen LogP) is 0.190. The number of nitrogens with zero attached hydrogens (tertiary/aromatic N) is 4. The Balaban J connectivity index is 1.42. The highest BCUT2D eigenvalue weighted by molar-refractivity contribution is 5.82. The molecule has 1 aromatic heterocycles. The number of hydrogen-bond donors (Lipinski definition) is 2. The molecule has 4 aliphatic heterocycles. The molecule has 2 saturated heterocycles. The molecule has 1 aromatic carbocycles. The summed E-state index contributed by atoms with van der Waals surface area (Å²) in [5.74, 6) is 0.333. The normalized spacial score (nSPS) is 29.1. The standard InChI is InChI=1S/C25H31N5O4/c1-26-7-9-27(10-8-26)25(32)20-13-16-12-19(30(33)34)5-6-22(16)29-14-17-11-18(24(20)29)15-28-21(17)3-2-4-23(28)31/h2-6,12,17-18,20,24,30,33H,7-11,13-15H2,1H3/t17?,18?,20-,24+/m1/s1. The van der Waals surface area contributed by atoms with Gasteiger partial charge in [0.2, 0.25) is 5.91 Å². The van der Waals surface area contributed by atoms with Crippen molar-refractivity contribution in [2.45, 2.75) is 31.3 Å². The SMILES string of the molecule is CN1CCN(C(=O)[C@@H]2Cc3cc([NH+]([O-])O)ccc3N3CC4CC(Cn5c4cccc5=O)[C@@H]23)CC1.